The van der Waals surface area contributed by atoms with Gasteiger partial charge in [0.05, 0.1) is 11.7 Å². The molecule has 1 atom stereocenters. The lowest BCUT2D eigenvalue weighted by Crippen LogP contribution is -2.41. The van der Waals surface area contributed by atoms with Crippen LogP contribution < -0.4 is 5.43 Å². The first-order valence-corrected chi connectivity index (χ1v) is 10.7. The zero-order valence-corrected chi connectivity index (χ0v) is 17.2. The van der Waals surface area contributed by atoms with Crippen molar-refractivity contribution in [2.75, 3.05) is 18.1 Å². The highest BCUT2D eigenvalue weighted by Crippen LogP contribution is 2.43. The van der Waals surface area contributed by atoms with Crippen molar-refractivity contribution in [1.82, 2.24) is 10.4 Å². The maximum atomic E-state index is 13.3. The van der Waals surface area contributed by atoms with Crippen molar-refractivity contribution in [2.45, 2.75) is 26.1 Å². The number of thioether (sulfide) groups is 1. The highest BCUT2D eigenvalue weighted by Gasteiger charge is 2.41. The standard InChI is InChI=1S/C23H23F3N2S/c1-15-3-7-17(8-4-15)11-19-12-29-13-20-21(18-9-5-16(2)6-10-18)27-28(22(19)20)14-23(24,25)26/h3-11,21,27H,12-14H2,1-2H3/b19-11-. The quantitative estimate of drug-likeness (QED) is 0.680. The molecule has 0 aromatic heterocycles. The largest absolute Gasteiger partial charge is 0.407 e. The number of hydrogen-bond donors (Lipinski definition) is 1. The molecule has 0 radical (unpaired) electrons. The number of hydrogen-bond acceptors (Lipinski definition) is 3. The maximum Gasteiger partial charge on any atom is 0.407 e. The maximum absolute atomic E-state index is 13.3. The predicted molar refractivity (Wildman–Crippen MR) is 113 cm³/mol. The van der Waals surface area contributed by atoms with Gasteiger partial charge in [0.2, 0.25) is 0 Å². The Morgan fingerprint density at radius 1 is 1.00 bits per heavy atom. The summed E-state index contributed by atoms with van der Waals surface area (Å²) in [6.07, 6.45) is -2.27. The second-order valence-electron chi connectivity index (χ2n) is 7.62. The van der Waals surface area contributed by atoms with E-state index >= 15 is 0 Å². The van der Waals surface area contributed by atoms with Crippen LogP contribution in [0.4, 0.5) is 13.2 Å². The third-order valence-corrected chi connectivity index (χ3v) is 6.22. The normalized spacial score (nSPS) is 21.1. The van der Waals surface area contributed by atoms with Gasteiger partial charge >= 0.3 is 6.18 Å². The van der Waals surface area contributed by atoms with Crippen LogP contribution in [0.3, 0.4) is 0 Å². The number of alkyl halides is 3. The van der Waals surface area contributed by atoms with Gasteiger partial charge in [-0.15, -0.1) is 0 Å². The van der Waals surface area contributed by atoms with E-state index in [0.29, 0.717) is 11.4 Å². The van der Waals surface area contributed by atoms with Crippen LogP contribution in [0.25, 0.3) is 6.08 Å². The Labute approximate surface area is 173 Å². The zero-order valence-electron chi connectivity index (χ0n) is 16.4. The van der Waals surface area contributed by atoms with Crippen molar-refractivity contribution in [1.29, 1.82) is 0 Å². The van der Waals surface area contributed by atoms with Crippen LogP contribution in [-0.4, -0.2) is 29.2 Å². The molecule has 1 N–H and O–H groups in total. The number of allylic oxidation sites excluding steroid dienone is 1. The molecule has 0 saturated heterocycles. The Hall–Kier alpha value is -2.18. The van der Waals surface area contributed by atoms with Gasteiger partial charge in [-0.25, -0.2) is 5.43 Å². The van der Waals surface area contributed by atoms with Crippen LogP contribution in [0.1, 0.15) is 28.3 Å². The summed E-state index contributed by atoms with van der Waals surface area (Å²) in [5.41, 5.74) is 10.1. The molecule has 1 unspecified atom stereocenters. The van der Waals surface area contributed by atoms with Crippen LogP contribution in [0, 0.1) is 13.8 Å². The Morgan fingerprint density at radius 2 is 1.62 bits per heavy atom. The van der Waals surface area contributed by atoms with Crippen molar-refractivity contribution in [2.24, 2.45) is 0 Å². The highest BCUT2D eigenvalue weighted by atomic mass is 32.2. The van der Waals surface area contributed by atoms with Gasteiger partial charge in [-0.2, -0.15) is 24.9 Å². The molecule has 2 aromatic carbocycles. The molecule has 0 bridgehead atoms. The summed E-state index contributed by atoms with van der Waals surface area (Å²) in [4.78, 5) is 0. The smallest absolute Gasteiger partial charge is 0.298 e. The van der Waals surface area contributed by atoms with Crippen molar-refractivity contribution < 1.29 is 13.2 Å². The first kappa shape index (κ1) is 20.1. The Kier molecular flexibility index (Phi) is 5.49. The summed E-state index contributed by atoms with van der Waals surface area (Å²) < 4.78 is 40.0. The SMILES string of the molecule is Cc1ccc(/C=C2/CSCC3=C2N(CC(F)(F)F)NC3c2ccc(C)cc2)cc1. The third-order valence-electron chi connectivity index (χ3n) is 5.19. The number of hydrazine groups is 1. The second kappa shape index (κ2) is 7.92. The first-order chi connectivity index (χ1) is 13.8. The number of rotatable bonds is 3. The molecule has 6 heteroatoms. The minimum Gasteiger partial charge on any atom is -0.298 e. The van der Waals surface area contributed by atoms with E-state index in [2.05, 4.69) is 5.43 Å². The molecule has 2 aliphatic rings. The van der Waals surface area contributed by atoms with E-state index < -0.39 is 12.7 Å². The van der Waals surface area contributed by atoms with Gasteiger partial charge in [0.15, 0.2) is 0 Å². The van der Waals surface area contributed by atoms with E-state index in [-0.39, 0.29) is 6.04 Å². The van der Waals surface area contributed by atoms with Gasteiger partial charge in [-0.3, -0.25) is 5.01 Å². The van der Waals surface area contributed by atoms with Crippen molar-refractivity contribution in [3.8, 4) is 0 Å². The number of nitrogens with zero attached hydrogens (tertiary/aromatic N) is 1. The minimum absolute atomic E-state index is 0.234. The Balaban J connectivity index is 1.76. The summed E-state index contributed by atoms with van der Waals surface area (Å²) in [6, 6.07) is 15.8. The number of benzene rings is 2. The molecule has 2 aromatic rings. The molecule has 29 heavy (non-hydrogen) atoms. The zero-order chi connectivity index (χ0) is 20.6. The van der Waals surface area contributed by atoms with E-state index in [1.807, 2.05) is 68.5 Å². The molecule has 0 aliphatic carbocycles. The Morgan fingerprint density at radius 3 is 2.24 bits per heavy atom. The van der Waals surface area contributed by atoms with Gasteiger partial charge in [0.1, 0.15) is 6.54 Å². The molecule has 2 aliphatic heterocycles. The lowest BCUT2D eigenvalue weighted by atomic mass is 9.96. The van der Waals surface area contributed by atoms with E-state index in [9.17, 15) is 13.2 Å². The van der Waals surface area contributed by atoms with E-state index in [4.69, 9.17) is 0 Å². The highest BCUT2D eigenvalue weighted by molar-refractivity contribution is 7.99. The van der Waals surface area contributed by atoms with Gasteiger partial charge < -0.3 is 0 Å². The van der Waals surface area contributed by atoms with Crippen molar-refractivity contribution in [3.05, 3.63) is 87.6 Å². The average Bonchev–Trinajstić information content (AvgIpc) is 3.02. The Bertz CT molecular complexity index is 944. The monoisotopic (exact) mass is 416 g/mol. The molecular formula is C23H23F3N2S. The van der Waals surface area contributed by atoms with Crippen LogP contribution in [0.2, 0.25) is 0 Å². The lowest BCUT2D eigenvalue weighted by Gasteiger charge is -2.27. The third kappa shape index (κ3) is 4.54. The fraction of sp³-hybridized carbons (Fsp3) is 0.304. The fourth-order valence-corrected chi connectivity index (χ4v) is 4.86. The molecule has 4 rings (SSSR count). The van der Waals surface area contributed by atoms with Crippen LogP contribution in [0.15, 0.2) is 65.4 Å². The van der Waals surface area contributed by atoms with Gasteiger partial charge in [-0.1, -0.05) is 59.7 Å². The molecule has 152 valence electrons. The lowest BCUT2D eigenvalue weighted by molar-refractivity contribution is -0.146. The summed E-state index contributed by atoms with van der Waals surface area (Å²) in [5.74, 6) is 1.42. The molecule has 2 nitrogen and oxygen atoms in total. The number of nitrogens with one attached hydrogen (secondary N) is 1. The molecule has 0 spiro atoms. The molecular weight excluding hydrogens is 393 g/mol. The predicted octanol–water partition coefficient (Wildman–Crippen LogP) is 5.81. The van der Waals surface area contributed by atoms with Crippen LogP contribution in [0.5, 0.6) is 0 Å². The van der Waals surface area contributed by atoms with Crippen molar-refractivity contribution in [3.63, 3.8) is 0 Å². The first-order valence-electron chi connectivity index (χ1n) is 9.55. The summed E-state index contributed by atoms with van der Waals surface area (Å²) in [7, 11) is 0. The van der Waals surface area contributed by atoms with Crippen LogP contribution in [-0.2, 0) is 0 Å². The molecule has 0 fully saturated rings. The number of aryl methyl sites for hydroxylation is 2. The van der Waals surface area contributed by atoms with Gasteiger partial charge in [0, 0.05) is 11.5 Å². The summed E-state index contributed by atoms with van der Waals surface area (Å²) >= 11 is 1.75. The molecule has 2 heterocycles. The second-order valence-corrected chi connectivity index (χ2v) is 8.61. The topological polar surface area (TPSA) is 15.3 Å². The van der Waals surface area contributed by atoms with Gasteiger partial charge in [-0.05, 0) is 42.2 Å². The fourth-order valence-electron chi connectivity index (χ4n) is 3.79. The van der Waals surface area contributed by atoms with Crippen LogP contribution >= 0.6 is 11.8 Å². The minimum atomic E-state index is -4.28. The summed E-state index contributed by atoms with van der Waals surface area (Å²) in [5, 5.41) is 1.31. The van der Waals surface area contributed by atoms with E-state index in [1.54, 1.807) is 11.8 Å². The van der Waals surface area contributed by atoms with E-state index in [0.717, 1.165) is 39.2 Å². The van der Waals surface area contributed by atoms with Crippen molar-refractivity contribution >= 4 is 17.8 Å². The van der Waals surface area contributed by atoms with E-state index in [1.165, 1.54) is 5.01 Å². The molecule has 0 amide bonds. The van der Waals surface area contributed by atoms with Gasteiger partial charge in [0.25, 0.3) is 0 Å². The molecule has 0 saturated carbocycles. The summed E-state index contributed by atoms with van der Waals surface area (Å²) in [6.45, 7) is 3.02. The number of halogens is 3. The average molecular weight is 417 g/mol.